The van der Waals surface area contributed by atoms with Gasteiger partial charge in [0.05, 0.1) is 0 Å². The largest absolute Gasteiger partial charge is 0.348 e. The highest BCUT2D eigenvalue weighted by Gasteiger charge is 2.29. The molecule has 2 aromatic rings. The third-order valence-corrected chi connectivity index (χ3v) is 5.68. The lowest BCUT2D eigenvalue weighted by Crippen LogP contribution is -2.40. The topological polar surface area (TPSA) is 95.9 Å². The second-order valence-corrected chi connectivity index (χ2v) is 7.62. The van der Waals surface area contributed by atoms with Crippen LogP contribution in [0.25, 0.3) is 0 Å². The molecule has 2 aliphatic rings. The first kappa shape index (κ1) is 17.8. The summed E-state index contributed by atoms with van der Waals surface area (Å²) in [5.74, 6) is 0.451. The molecule has 0 unspecified atom stereocenters. The number of aryl methyl sites for hydroxylation is 1. The van der Waals surface area contributed by atoms with Gasteiger partial charge in [0, 0.05) is 50.2 Å². The number of nitrogens with one attached hydrogen (secondary N) is 2. The molecule has 2 fully saturated rings. The van der Waals surface area contributed by atoms with E-state index in [-0.39, 0.29) is 23.8 Å². The number of imidazole rings is 1. The molecule has 0 radical (unpaired) electrons. The molecule has 2 amide bonds. The highest BCUT2D eigenvalue weighted by atomic mass is 16.2. The van der Waals surface area contributed by atoms with Crippen molar-refractivity contribution < 1.29 is 9.59 Å². The average molecular weight is 370 g/mol. The van der Waals surface area contributed by atoms with Crippen molar-refractivity contribution >= 4 is 11.8 Å². The number of hydrogen-bond acceptors (Lipinski definition) is 4. The van der Waals surface area contributed by atoms with Crippen molar-refractivity contribution in [3.05, 3.63) is 35.7 Å². The summed E-state index contributed by atoms with van der Waals surface area (Å²) >= 11 is 0. The van der Waals surface area contributed by atoms with Crippen LogP contribution in [0.5, 0.6) is 0 Å². The fourth-order valence-corrected chi connectivity index (χ4v) is 4.12. The maximum atomic E-state index is 12.7. The Hall–Kier alpha value is -2.64. The van der Waals surface area contributed by atoms with E-state index in [1.165, 1.54) is 12.8 Å². The second-order valence-electron chi connectivity index (χ2n) is 7.62. The van der Waals surface area contributed by atoms with E-state index in [0.717, 1.165) is 37.9 Å². The van der Waals surface area contributed by atoms with Gasteiger partial charge in [0.2, 0.25) is 0 Å². The zero-order valence-electron chi connectivity index (χ0n) is 15.6. The number of aromatic nitrogens is 4. The number of nitrogens with zero attached hydrogens (tertiary/aromatic N) is 4. The lowest BCUT2D eigenvalue weighted by Gasteiger charge is -2.31. The standard InChI is InChI=1S/C19H26N6O2/c1-24-10-8-20-17(24)19(27)25-9-4-5-13(12-25)15-11-16(23-22-15)18(26)21-14-6-2-3-7-14/h8,10-11,13-14H,2-7,9,12H2,1H3,(H,21,26)(H,22,23)/t13-/m1/s1. The predicted molar refractivity (Wildman–Crippen MR) is 99.4 cm³/mol. The molecular weight excluding hydrogens is 344 g/mol. The maximum absolute atomic E-state index is 12.7. The molecule has 0 bridgehead atoms. The van der Waals surface area contributed by atoms with Crippen LogP contribution in [0.3, 0.4) is 0 Å². The smallest absolute Gasteiger partial charge is 0.289 e. The van der Waals surface area contributed by atoms with Crippen LogP contribution in [-0.2, 0) is 7.05 Å². The summed E-state index contributed by atoms with van der Waals surface area (Å²) in [7, 11) is 1.83. The Morgan fingerprint density at radius 3 is 2.78 bits per heavy atom. The highest BCUT2D eigenvalue weighted by Crippen LogP contribution is 2.27. The molecule has 0 aromatic carbocycles. The van der Waals surface area contributed by atoms with Gasteiger partial charge in [-0.2, -0.15) is 5.10 Å². The van der Waals surface area contributed by atoms with E-state index in [1.54, 1.807) is 17.0 Å². The monoisotopic (exact) mass is 370 g/mol. The highest BCUT2D eigenvalue weighted by molar-refractivity contribution is 5.92. The van der Waals surface area contributed by atoms with Gasteiger partial charge in [-0.15, -0.1) is 0 Å². The van der Waals surface area contributed by atoms with Crippen molar-refractivity contribution in [1.82, 2.24) is 30.0 Å². The van der Waals surface area contributed by atoms with Crippen molar-refractivity contribution in [2.45, 2.75) is 50.5 Å². The SMILES string of the molecule is Cn1ccnc1C(=O)N1CCC[C@@H](c2cc(C(=O)NC3CCCC3)n[nH]2)C1. The molecule has 27 heavy (non-hydrogen) atoms. The molecule has 8 heteroatoms. The van der Waals surface area contributed by atoms with Crippen LogP contribution in [-0.4, -0.2) is 55.6 Å². The number of carbonyl (C=O) groups is 2. The van der Waals surface area contributed by atoms with E-state index in [4.69, 9.17) is 0 Å². The molecule has 3 heterocycles. The molecule has 1 saturated carbocycles. The predicted octanol–water partition coefficient (Wildman–Crippen LogP) is 1.84. The molecule has 2 N–H and O–H groups in total. The number of piperidine rings is 1. The summed E-state index contributed by atoms with van der Waals surface area (Å²) in [6, 6.07) is 2.11. The van der Waals surface area contributed by atoms with Crippen molar-refractivity contribution in [1.29, 1.82) is 0 Å². The Kier molecular flexibility index (Phi) is 4.96. The first-order valence-corrected chi connectivity index (χ1v) is 9.74. The van der Waals surface area contributed by atoms with Crippen molar-refractivity contribution in [3.63, 3.8) is 0 Å². The Balaban J connectivity index is 1.41. The number of likely N-dealkylation sites (tertiary alicyclic amines) is 1. The fraction of sp³-hybridized carbons (Fsp3) is 0.579. The van der Waals surface area contributed by atoms with Gasteiger partial charge in [-0.1, -0.05) is 12.8 Å². The van der Waals surface area contributed by atoms with Gasteiger partial charge in [-0.3, -0.25) is 14.7 Å². The van der Waals surface area contributed by atoms with Gasteiger partial charge in [0.25, 0.3) is 11.8 Å². The summed E-state index contributed by atoms with van der Waals surface area (Å²) in [5.41, 5.74) is 1.35. The minimum absolute atomic E-state index is 0.0501. The number of H-pyrrole nitrogens is 1. The average Bonchev–Trinajstić information content (AvgIpc) is 3.43. The van der Waals surface area contributed by atoms with Crippen LogP contribution in [0.2, 0.25) is 0 Å². The van der Waals surface area contributed by atoms with E-state index in [0.29, 0.717) is 18.1 Å². The molecule has 8 nitrogen and oxygen atoms in total. The van der Waals surface area contributed by atoms with Crippen molar-refractivity contribution in [3.8, 4) is 0 Å². The minimum Gasteiger partial charge on any atom is -0.348 e. The van der Waals surface area contributed by atoms with Gasteiger partial charge in [-0.25, -0.2) is 4.98 Å². The van der Waals surface area contributed by atoms with Gasteiger partial charge < -0.3 is 14.8 Å². The Labute approximate surface area is 158 Å². The van der Waals surface area contributed by atoms with Crippen molar-refractivity contribution in [2.75, 3.05) is 13.1 Å². The van der Waals surface area contributed by atoms with Crippen LogP contribution >= 0.6 is 0 Å². The van der Waals surface area contributed by atoms with E-state index >= 15 is 0 Å². The first-order chi connectivity index (χ1) is 13.1. The van der Waals surface area contributed by atoms with Crippen LogP contribution in [0.15, 0.2) is 18.5 Å². The fourth-order valence-electron chi connectivity index (χ4n) is 4.12. The Morgan fingerprint density at radius 1 is 1.22 bits per heavy atom. The third-order valence-electron chi connectivity index (χ3n) is 5.68. The summed E-state index contributed by atoms with van der Waals surface area (Å²) in [6.07, 6.45) is 9.76. The summed E-state index contributed by atoms with van der Waals surface area (Å²) < 4.78 is 1.74. The lowest BCUT2D eigenvalue weighted by molar-refractivity contribution is 0.0689. The Morgan fingerprint density at radius 2 is 2.04 bits per heavy atom. The molecule has 2 aromatic heterocycles. The first-order valence-electron chi connectivity index (χ1n) is 9.74. The summed E-state index contributed by atoms with van der Waals surface area (Å²) in [6.45, 7) is 1.34. The third kappa shape index (κ3) is 3.74. The molecule has 4 rings (SSSR count). The number of amides is 2. The van der Waals surface area contributed by atoms with Gasteiger partial charge in [-0.05, 0) is 31.7 Å². The van der Waals surface area contributed by atoms with Crippen LogP contribution < -0.4 is 5.32 Å². The normalized spacial score (nSPS) is 20.8. The van der Waals surface area contributed by atoms with Crippen LogP contribution in [0, 0.1) is 0 Å². The van der Waals surface area contributed by atoms with Gasteiger partial charge in [0.15, 0.2) is 5.82 Å². The quantitative estimate of drug-likeness (QED) is 0.858. The zero-order valence-corrected chi connectivity index (χ0v) is 15.6. The Bertz CT molecular complexity index is 820. The van der Waals surface area contributed by atoms with Gasteiger partial charge >= 0.3 is 0 Å². The lowest BCUT2D eigenvalue weighted by atomic mass is 9.94. The molecule has 1 aliphatic heterocycles. The molecule has 0 spiro atoms. The van der Waals surface area contributed by atoms with E-state index in [9.17, 15) is 9.59 Å². The van der Waals surface area contributed by atoms with Gasteiger partial charge in [0.1, 0.15) is 5.69 Å². The van der Waals surface area contributed by atoms with E-state index < -0.39 is 0 Å². The molecule has 144 valence electrons. The zero-order chi connectivity index (χ0) is 18.8. The number of carbonyl (C=O) groups excluding carboxylic acids is 2. The number of rotatable bonds is 4. The second kappa shape index (κ2) is 7.54. The maximum Gasteiger partial charge on any atom is 0.289 e. The molecule has 1 saturated heterocycles. The number of hydrogen-bond donors (Lipinski definition) is 2. The van der Waals surface area contributed by atoms with Crippen molar-refractivity contribution in [2.24, 2.45) is 7.05 Å². The molecule has 1 atom stereocenters. The van der Waals surface area contributed by atoms with E-state index in [2.05, 4.69) is 20.5 Å². The molecule has 1 aliphatic carbocycles. The summed E-state index contributed by atoms with van der Waals surface area (Å²) in [4.78, 5) is 31.1. The molecular formula is C19H26N6O2. The van der Waals surface area contributed by atoms with Crippen LogP contribution in [0.1, 0.15) is 71.2 Å². The summed E-state index contributed by atoms with van der Waals surface area (Å²) in [5, 5.41) is 10.3. The minimum atomic E-state index is -0.110. The van der Waals surface area contributed by atoms with Crippen LogP contribution in [0.4, 0.5) is 0 Å². The van der Waals surface area contributed by atoms with E-state index in [1.807, 2.05) is 18.0 Å². The number of aromatic amines is 1.